The summed E-state index contributed by atoms with van der Waals surface area (Å²) in [6, 6.07) is 5.30. The number of hydrogen-bond donors (Lipinski definition) is 1. The third-order valence-electron chi connectivity index (χ3n) is 7.59. The molecule has 4 rings (SSSR count). The van der Waals surface area contributed by atoms with Gasteiger partial charge in [0.15, 0.2) is 11.5 Å². The molecule has 1 aromatic carbocycles. The zero-order valence-corrected chi connectivity index (χ0v) is 21.9. The molecule has 3 aliphatic rings. The van der Waals surface area contributed by atoms with Crippen molar-refractivity contribution < 1.29 is 33.2 Å². The number of epoxide rings is 2. The summed E-state index contributed by atoms with van der Waals surface area (Å²) < 4.78 is 34.6. The standard InChI is InChI=1S/C27H36N2O7/c1-16(2)7-8-22-26(3,36-22)25-24(33-6)19(9-10-27(25)15-34-27)35-23(30)14-29-18-12-21(32-5)20(31-4)11-17(18)13-28/h7,11-12,19,22,24-25,29H,8-10,14-15H2,1-6H3/t19-,22?,24-,25-,26+,27+/m1/s1. The summed E-state index contributed by atoms with van der Waals surface area (Å²) in [7, 11) is 4.66. The van der Waals surface area contributed by atoms with Gasteiger partial charge in [0.25, 0.3) is 0 Å². The van der Waals surface area contributed by atoms with Crippen molar-refractivity contribution in [3.05, 3.63) is 29.3 Å². The summed E-state index contributed by atoms with van der Waals surface area (Å²) in [5.41, 5.74) is 1.38. The van der Waals surface area contributed by atoms with Crippen LogP contribution in [0.2, 0.25) is 0 Å². The van der Waals surface area contributed by atoms with E-state index in [1.54, 1.807) is 19.2 Å². The number of methoxy groups -OCH3 is 3. The van der Waals surface area contributed by atoms with Crippen LogP contribution in [0.4, 0.5) is 5.69 Å². The molecule has 9 nitrogen and oxygen atoms in total. The van der Waals surface area contributed by atoms with Crippen LogP contribution >= 0.6 is 0 Å². The molecule has 6 atom stereocenters. The minimum atomic E-state index is -0.435. The van der Waals surface area contributed by atoms with E-state index in [1.807, 2.05) is 0 Å². The number of ether oxygens (including phenoxy) is 6. The Kier molecular flexibility index (Phi) is 7.51. The second kappa shape index (κ2) is 10.3. The summed E-state index contributed by atoms with van der Waals surface area (Å²) in [4.78, 5) is 12.9. The summed E-state index contributed by atoms with van der Waals surface area (Å²) in [5, 5.41) is 12.5. The maximum atomic E-state index is 12.9. The van der Waals surface area contributed by atoms with Crippen LogP contribution in [-0.2, 0) is 23.7 Å². The Bertz CT molecular complexity index is 1060. The number of benzene rings is 1. The summed E-state index contributed by atoms with van der Waals surface area (Å²) in [6.07, 6.45) is 3.77. The lowest BCUT2D eigenvalue weighted by Gasteiger charge is -2.42. The largest absolute Gasteiger partial charge is 0.493 e. The normalized spacial score (nSPS) is 32.2. The number of rotatable bonds is 10. The van der Waals surface area contributed by atoms with Crippen molar-refractivity contribution in [2.24, 2.45) is 5.92 Å². The smallest absolute Gasteiger partial charge is 0.325 e. The van der Waals surface area contributed by atoms with Crippen molar-refractivity contribution in [3.8, 4) is 17.6 Å². The molecular weight excluding hydrogens is 464 g/mol. The number of nitrogens with zero attached hydrogens (tertiary/aromatic N) is 1. The van der Waals surface area contributed by atoms with Crippen molar-refractivity contribution in [3.63, 3.8) is 0 Å². The second-order valence-corrected chi connectivity index (χ2v) is 10.1. The first-order valence-corrected chi connectivity index (χ1v) is 12.3. The third-order valence-corrected chi connectivity index (χ3v) is 7.59. The molecule has 1 unspecified atom stereocenters. The van der Waals surface area contributed by atoms with Gasteiger partial charge < -0.3 is 33.7 Å². The Hall–Kier alpha value is -2.80. The lowest BCUT2D eigenvalue weighted by atomic mass is 9.68. The van der Waals surface area contributed by atoms with Crippen LogP contribution < -0.4 is 14.8 Å². The summed E-state index contributed by atoms with van der Waals surface area (Å²) in [5.74, 6) is 0.418. The van der Waals surface area contributed by atoms with Crippen LogP contribution in [0.15, 0.2) is 23.8 Å². The first kappa shape index (κ1) is 26.3. The first-order chi connectivity index (χ1) is 17.2. The fraction of sp³-hybridized carbons (Fsp3) is 0.630. The number of nitrogens with one attached hydrogen (secondary N) is 1. The number of anilines is 1. The van der Waals surface area contributed by atoms with Crippen LogP contribution in [0.1, 0.15) is 45.6 Å². The number of carbonyl (C=O) groups is 1. The molecule has 1 aromatic rings. The van der Waals surface area contributed by atoms with E-state index in [2.05, 4.69) is 38.2 Å². The summed E-state index contributed by atoms with van der Waals surface area (Å²) in [6.45, 7) is 6.83. The maximum absolute atomic E-state index is 12.9. The van der Waals surface area contributed by atoms with Crippen molar-refractivity contribution in [1.29, 1.82) is 5.26 Å². The van der Waals surface area contributed by atoms with E-state index in [-0.39, 0.29) is 30.3 Å². The highest BCUT2D eigenvalue weighted by molar-refractivity contribution is 5.77. The maximum Gasteiger partial charge on any atom is 0.325 e. The van der Waals surface area contributed by atoms with Gasteiger partial charge in [0.2, 0.25) is 0 Å². The van der Waals surface area contributed by atoms with Gasteiger partial charge in [0.1, 0.15) is 36.0 Å². The Morgan fingerprint density at radius 3 is 2.53 bits per heavy atom. The predicted octanol–water partition coefficient (Wildman–Crippen LogP) is 3.61. The third kappa shape index (κ3) is 5.03. The number of nitriles is 1. The first-order valence-electron chi connectivity index (χ1n) is 12.3. The lowest BCUT2D eigenvalue weighted by molar-refractivity contribution is -0.170. The SMILES string of the molecule is COc1cc(C#N)c(NCC(=O)O[C@@H]2CC[C@]3(CO3)[C@@H]([C@@]3(C)OC3CC=C(C)C)[C@@H]2OC)cc1OC. The average molecular weight is 501 g/mol. The average Bonchev–Trinajstić information content (AvgIpc) is 3.78. The number of carbonyl (C=O) groups excluding carboxylic acids is 1. The van der Waals surface area contributed by atoms with Gasteiger partial charge in [-0.2, -0.15) is 5.26 Å². The summed E-state index contributed by atoms with van der Waals surface area (Å²) >= 11 is 0. The van der Waals surface area contributed by atoms with Gasteiger partial charge in [0.05, 0.1) is 44.1 Å². The van der Waals surface area contributed by atoms with Gasteiger partial charge in [0, 0.05) is 19.2 Å². The molecular formula is C27H36N2O7. The van der Waals surface area contributed by atoms with Gasteiger partial charge in [-0.1, -0.05) is 11.6 Å². The Labute approximate surface area is 212 Å². The second-order valence-electron chi connectivity index (χ2n) is 10.1. The van der Waals surface area contributed by atoms with Gasteiger partial charge in [-0.3, -0.25) is 4.79 Å². The minimum absolute atomic E-state index is 0.0406. The van der Waals surface area contributed by atoms with Gasteiger partial charge in [-0.25, -0.2) is 0 Å². The fourth-order valence-electron chi connectivity index (χ4n) is 5.57. The van der Waals surface area contributed by atoms with Crippen LogP contribution in [0, 0.1) is 17.2 Å². The van der Waals surface area contributed by atoms with Crippen molar-refractivity contribution >= 4 is 11.7 Å². The quantitative estimate of drug-likeness (QED) is 0.292. The Morgan fingerprint density at radius 2 is 1.94 bits per heavy atom. The molecule has 2 saturated heterocycles. The van der Waals surface area contributed by atoms with Crippen LogP contribution in [-0.4, -0.2) is 70.0 Å². The number of esters is 1. The van der Waals surface area contributed by atoms with Crippen LogP contribution in [0.5, 0.6) is 11.5 Å². The van der Waals surface area contributed by atoms with E-state index in [0.717, 1.165) is 12.8 Å². The molecule has 1 aliphatic carbocycles. The molecule has 1 spiro atoms. The van der Waals surface area contributed by atoms with E-state index in [9.17, 15) is 10.1 Å². The van der Waals surface area contributed by atoms with Crippen molar-refractivity contribution in [2.45, 2.75) is 69.5 Å². The van der Waals surface area contributed by atoms with E-state index < -0.39 is 17.7 Å². The molecule has 36 heavy (non-hydrogen) atoms. The highest BCUT2D eigenvalue weighted by Gasteiger charge is 2.72. The van der Waals surface area contributed by atoms with Gasteiger partial charge >= 0.3 is 5.97 Å². The monoisotopic (exact) mass is 500 g/mol. The molecule has 2 aliphatic heterocycles. The molecule has 0 amide bonds. The lowest BCUT2D eigenvalue weighted by Crippen LogP contribution is -2.55. The van der Waals surface area contributed by atoms with Gasteiger partial charge in [-0.05, 0) is 40.0 Å². The van der Waals surface area contributed by atoms with Crippen LogP contribution in [0.25, 0.3) is 0 Å². The zero-order valence-electron chi connectivity index (χ0n) is 21.9. The van der Waals surface area contributed by atoms with Crippen molar-refractivity contribution in [2.75, 3.05) is 39.8 Å². The topological polar surface area (TPSA) is 115 Å². The molecule has 3 fully saturated rings. The van der Waals surface area contributed by atoms with Gasteiger partial charge in [-0.15, -0.1) is 0 Å². The van der Waals surface area contributed by atoms with Crippen LogP contribution in [0.3, 0.4) is 0 Å². The predicted molar refractivity (Wildman–Crippen MR) is 132 cm³/mol. The molecule has 1 saturated carbocycles. The number of hydrogen-bond acceptors (Lipinski definition) is 9. The fourth-order valence-corrected chi connectivity index (χ4v) is 5.57. The Morgan fingerprint density at radius 1 is 1.25 bits per heavy atom. The number of allylic oxidation sites excluding steroid dienone is 1. The highest BCUT2D eigenvalue weighted by Crippen LogP contribution is 2.59. The Balaban J connectivity index is 1.43. The molecule has 1 N–H and O–H groups in total. The minimum Gasteiger partial charge on any atom is -0.493 e. The molecule has 0 bridgehead atoms. The van der Waals surface area contributed by atoms with E-state index in [1.165, 1.54) is 19.8 Å². The van der Waals surface area contributed by atoms with E-state index in [0.29, 0.717) is 35.8 Å². The van der Waals surface area contributed by atoms with E-state index >= 15 is 0 Å². The zero-order chi connectivity index (χ0) is 26.1. The van der Waals surface area contributed by atoms with E-state index in [4.69, 9.17) is 28.4 Å². The molecule has 9 heteroatoms. The molecule has 2 heterocycles. The molecule has 0 aromatic heterocycles. The molecule has 0 radical (unpaired) electrons. The van der Waals surface area contributed by atoms with Crippen molar-refractivity contribution in [1.82, 2.24) is 0 Å². The molecule has 196 valence electrons. The highest BCUT2D eigenvalue weighted by atomic mass is 16.6.